The fraction of sp³-hybridized carbons (Fsp3) is 0.615. The summed E-state index contributed by atoms with van der Waals surface area (Å²) in [7, 11) is 1.89. The number of hydrogen-bond donors (Lipinski definition) is 1. The van der Waals surface area contributed by atoms with E-state index in [-0.39, 0.29) is 0 Å². The molecule has 1 unspecified atom stereocenters. The number of aryl methyl sites for hydroxylation is 1. The molecule has 0 aliphatic heterocycles. The molecular weight excluding hydrogens is 226 g/mol. The van der Waals surface area contributed by atoms with Gasteiger partial charge in [-0.2, -0.15) is 5.10 Å². The van der Waals surface area contributed by atoms with Gasteiger partial charge in [0.05, 0.1) is 11.6 Å². The lowest BCUT2D eigenvalue weighted by Gasteiger charge is -2.14. The Labute approximate surface area is 108 Å². The highest BCUT2D eigenvalue weighted by atomic mass is 15.3. The van der Waals surface area contributed by atoms with Gasteiger partial charge in [-0.05, 0) is 13.3 Å². The lowest BCUT2D eigenvalue weighted by atomic mass is 10.1. The first-order valence-corrected chi connectivity index (χ1v) is 6.61. The van der Waals surface area contributed by atoms with E-state index >= 15 is 0 Å². The van der Waals surface area contributed by atoms with Crippen molar-refractivity contribution in [3.05, 3.63) is 12.5 Å². The van der Waals surface area contributed by atoms with Crippen molar-refractivity contribution < 1.29 is 0 Å². The van der Waals surface area contributed by atoms with Crippen molar-refractivity contribution in [3.8, 4) is 0 Å². The van der Waals surface area contributed by atoms with Crippen LogP contribution < -0.4 is 5.32 Å². The van der Waals surface area contributed by atoms with Crippen LogP contribution in [0.5, 0.6) is 0 Å². The van der Waals surface area contributed by atoms with Gasteiger partial charge in [0.25, 0.3) is 0 Å². The van der Waals surface area contributed by atoms with Gasteiger partial charge in [0, 0.05) is 13.1 Å². The molecule has 0 fully saturated rings. The summed E-state index contributed by atoms with van der Waals surface area (Å²) in [6, 6.07) is 0.426. The maximum atomic E-state index is 4.31. The summed E-state index contributed by atoms with van der Waals surface area (Å²) in [5, 5.41) is 8.65. The van der Waals surface area contributed by atoms with Crippen LogP contribution in [-0.4, -0.2) is 25.8 Å². The smallest absolute Gasteiger partial charge is 0.163 e. The SMILES string of the molecule is CCCCCC(C)Nc1ncnc2c1cnn2C. The summed E-state index contributed by atoms with van der Waals surface area (Å²) in [6.07, 6.45) is 8.37. The molecule has 98 valence electrons. The number of unbranched alkanes of at least 4 members (excludes halogenated alkanes) is 2. The summed E-state index contributed by atoms with van der Waals surface area (Å²) in [6.45, 7) is 4.42. The zero-order valence-electron chi connectivity index (χ0n) is 11.3. The molecule has 1 N–H and O–H groups in total. The van der Waals surface area contributed by atoms with Crippen LogP contribution in [0.4, 0.5) is 5.82 Å². The first-order valence-electron chi connectivity index (χ1n) is 6.61. The Morgan fingerprint density at radius 1 is 1.33 bits per heavy atom. The van der Waals surface area contributed by atoms with E-state index in [2.05, 4.69) is 34.2 Å². The number of nitrogens with one attached hydrogen (secondary N) is 1. The van der Waals surface area contributed by atoms with Gasteiger partial charge in [-0.25, -0.2) is 9.97 Å². The fourth-order valence-electron chi connectivity index (χ4n) is 2.08. The predicted molar refractivity (Wildman–Crippen MR) is 73.5 cm³/mol. The third-order valence-electron chi connectivity index (χ3n) is 3.15. The van der Waals surface area contributed by atoms with Crippen molar-refractivity contribution in [1.29, 1.82) is 0 Å². The van der Waals surface area contributed by atoms with Crippen LogP contribution in [0.25, 0.3) is 11.0 Å². The Kier molecular flexibility index (Phi) is 4.12. The Balaban J connectivity index is 2.07. The zero-order valence-corrected chi connectivity index (χ0v) is 11.3. The number of fused-ring (bicyclic) bond motifs is 1. The third kappa shape index (κ3) is 2.78. The van der Waals surface area contributed by atoms with Gasteiger partial charge < -0.3 is 5.32 Å². The molecule has 0 aliphatic carbocycles. The van der Waals surface area contributed by atoms with Gasteiger partial charge in [-0.3, -0.25) is 4.68 Å². The number of hydrogen-bond acceptors (Lipinski definition) is 4. The minimum atomic E-state index is 0.426. The van der Waals surface area contributed by atoms with E-state index in [1.54, 1.807) is 11.0 Å². The van der Waals surface area contributed by atoms with Crippen molar-refractivity contribution in [2.24, 2.45) is 7.05 Å². The average molecular weight is 247 g/mol. The van der Waals surface area contributed by atoms with Crippen molar-refractivity contribution in [2.75, 3.05) is 5.32 Å². The molecule has 0 aliphatic rings. The average Bonchev–Trinajstić information content (AvgIpc) is 2.73. The topological polar surface area (TPSA) is 55.6 Å². The maximum absolute atomic E-state index is 4.31. The molecule has 2 rings (SSSR count). The maximum Gasteiger partial charge on any atom is 0.163 e. The van der Waals surface area contributed by atoms with Crippen molar-refractivity contribution in [3.63, 3.8) is 0 Å². The minimum Gasteiger partial charge on any atom is -0.367 e. The lowest BCUT2D eigenvalue weighted by molar-refractivity contribution is 0.614. The van der Waals surface area contributed by atoms with Gasteiger partial charge >= 0.3 is 0 Å². The Morgan fingerprint density at radius 2 is 2.17 bits per heavy atom. The number of nitrogens with zero attached hydrogens (tertiary/aromatic N) is 4. The molecule has 0 spiro atoms. The molecule has 1 atom stereocenters. The third-order valence-corrected chi connectivity index (χ3v) is 3.15. The van der Waals surface area contributed by atoms with Gasteiger partial charge in [0.2, 0.25) is 0 Å². The molecule has 0 bridgehead atoms. The van der Waals surface area contributed by atoms with E-state index in [4.69, 9.17) is 0 Å². The molecule has 0 radical (unpaired) electrons. The first-order chi connectivity index (χ1) is 8.72. The summed E-state index contributed by atoms with van der Waals surface area (Å²) in [5.74, 6) is 0.886. The molecule has 18 heavy (non-hydrogen) atoms. The first kappa shape index (κ1) is 12.8. The van der Waals surface area contributed by atoms with Gasteiger partial charge in [0.1, 0.15) is 12.1 Å². The van der Waals surface area contributed by atoms with Gasteiger partial charge in [-0.1, -0.05) is 26.2 Å². The van der Waals surface area contributed by atoms with E-state index in [0.29, 0.717) is 6.04 Å². The van der Waals surface area contributed by atoms with Gasteiger partial charge in [-0.15, -0.1) is 0 Å². The Hall–Kier alpha value is -1.65. The second-order valence-corrected chi connectivity index (χ2v) is 4.77. The monoisotopic (exact) mass is 247 g/mol. The normalized spacial score (nSPS) is 12.8. The van der Waals surface area contributed by atoms with E-state index in [9.17, 15) is 0 Å². The summed E-state index contributed by atoms with van der Waals surface area (Å²) >= 11 is 0. The van der Waals surface area contributed by atoms with Gasteiger partial charge in [0.15, 0.2) is 5.65 Å². The molecule has 0 amide bonds. The molecule has 2 aromatic rings. The summed E-state index contributed by atoms with van der Waals surface area (Å²) < 4.78 is 1.77. The summed E-state index contributed by atoms with van der Waals surface area (Å²) in [4.78, 5) is 8.55. The van der Waals surface area contributed by atoms with Crippen molar-refractivity contribution in [1.82, 2.24) is 19.7 Å². The van der Waals surface area contributed by atoms with Crippen molar-refractivity contribution >= 4 is 16.9 Å². The largest absolute Gasteiger partial charge is 0.367 e. The molecule has 5 heteroatoms. The lowest BCUT2D eigenvalue weighted by Crippen LogP contribution is -2.16. The molecule has 5 nitrogen and oxygen atoms in total. The molecule has 2 heterocycles. The van der Waals surface area contributed by atoms with E-state index < -0.39 is 0 Å². The number of anilines is 1. The van der Waals surface area contributed by atoms with Crippen LogP contribution in [0.1, 0.15) is 39.5 Å². The Morgan fingerprint density at radius 3 is 2.94 bits per heavy atom. The highest BCUT2D eigenvalue weighted by Crippen LogP contribution is 2.19. The van der Waals surface area contributed by atoms with Crippen molar-refractivity contribution in [2.45, 2.75) is 45.6 Å². The highest BCUT2D eigenvalue weighted by Gasteiger charge is 2.09. The second-order valence-electron chi connectivity index (χ2n) is 4.77. The zero-order chi connectivity index (χ0) is 13.0. The molecule has 2 aromatic heterocycles. The van der Waals surface area contributed by atoms with E-state index in [0.717, 1.165) is 16.9 Å². The van der Waals surface area contributed by atoms with Crippen LogP contribution in [0.3, 0.4) is 0 Å². The van der Waals surface area contributed by atoms with E-state index in [1.165, 1.54) is 25.7 Å². The molecule has 0 saturated heterocycles. The van der Waals surface area contributed by atoms with Crippen LogP contribution in [0.15, 0.2) is 12.5 Å². The molecular formula is C13H21N5. The van der Waals surface area contributed by atoms with Crippen LogP contribution in [0.2, 0.25) is 0 Å². The van der Waals surface area contributed by atoms with E-state index in [1.807, 2.05) is 13.2 Å². The Bertz CT molecular complexity index is 505. The number of aromatic nitrogens is 4. The predicted octanol–water partition coefficient (Wildman–Crippen LogP) is 2.74. The fourth-order valence-corrected chi connectivity index (χ4v) is 2.08. The molecule has 0 aromatic carbocycles. The molecule has 0 saturated carbocycles. The second kappa shape index (κ2) is 5.80. The minimum absolute atomic E-state index is 0.426. The number of rotatable bonds is 6. The van der Waals surface area contributed by atoms with Crippen LogP contribution >= 0.6 is 0 Å². The quantitative estimate of drug-likeness (QED) is 0.797. The standard InChI is InChI=1S/C13H21N5/c1-4-5-6-7-10(2)17-12-11-8-16-18(3)13(11)15-9-14-12/h8-10H,4-7H2,1-3H3,(H,14,15,17). The van der Waals surface area contributed by atoms with Crippen LogP contribution in [0, 0.1) is 0 Å². The van der Waals surface area contributed by atoms with Crippen LogP contribution in [-0.2, 0) is 7.05 Å². The highest BCUT2D eigenvalue weighted by molar-refractivity contribution is 5.86. The summed E-state index contributed by atoms with van der Waals surface area (Å²) in [5.41, 5.74) is 0.869.